The predicted octanol–water partition coefficient (Wildman–Crippen LogP) is 2.78. The third kappa shape index (κ3) is 3.48. The highest BCUT2D eigenvalue weighted by Gasteiger charge is 2.25. The van der Waals surface area contributed by atoms with Crippen molar-refractivity contribution in [1.82, 2.24) is 15.0 Å². The van der Waals surface area contributed by atoms with Crippen LogP contribution in [0.5, 0.6) is 0 Å². The van der Waals surface area contributed by atoms with Crippen molar-refractivity contribution in [2.75, 3.05) is 26.2 Å². The van der Waals surface area contributed by atoms with E-state index < -0.39 is 0 Å². The Hall–Kier alpha value is -2.21. The van der Waals surface area contributed by atoms with E-state index in [4.69, 9.17) is 4.52 Å². The largest absolute Gasteiger partial charge is 0.361 e. The van der Waals surface area contributed by atoms with Gasteiger partial charge in [-0.2, -0.15) is 0 Å². The highest BCUT2D eigenvalue weighted by molar-refractivity contribution is 5.96. The number of amides is 1. The first-order valence-electron chi connectivity index (χ1n) is 8.24. The number of nitrogens with zero attached hydrogens (tertiary/aromatic N) is 3. The number of aromatic nitrogens is 1. The quantitative estimate of drug-likeness (QED) is 0.868. The third-order valence-electron chi connectivity index (χ3n) is 4.47. The van der Waals surface area contributed by atoms with E-state index in [-0.39, 0.29) is 11.7 Å². The second-order valence-electron chi connectivity index (χ2n) is 6.21. The summed E-state index contributed by atoms with van der Waals surface area (Å²) in [4.78, 5) is 16.8. The van der Waals surface area contributed by atoms with E-state index in [2.05, 4.69) is 10.1 Å². The number of benzene rings is 1. The number of hydrogen-bond acceptors (Lipinski definition) is 4. The smallest absolute Gasteiger partial charge is 0.259 e. The first-order chi connectivity index (χ1) is 11.6. The molecule has 0 N–H and O–H groups in total. The molecule has 0 atom stereocenters. The van der Waals surface area contributed by atoms with Gasteiger partial charge in [0.05, 0.1) is 5.69 Å². The predicted molar refractivity (Wildman–Crippen MR) is 88.2 cm³/mol. The fraction of sp³-hybridized carbons (Fsp3) is 0.444. The summed E-state index contributed by atoms with van der Waals surface area (Å²) in [6, 6.07) is 6.85. The lowest BCUT2D eigenvalue weighted by atomic mass is 10.1. The van der Waals surface area contributed by atoms with Crippen LogP contribution in [0.25, 0.3) is 0 Å². The van der Waals surface area contributed by atoms with Gasteiger partial charge in [-0.3, -0.25) is 9.69 Å². The molecule has 1 amide bonds. The summed E-state index contributed by atoms with van der Waals surface area (Å²) in [6.07, 6.45) is 0.865. The SMILES string of the molecule is Cc1noc(C)c1C(=O)N1CCCN(Cc2ccccc2F)CC1. The lowest BCUT2D eigenvalue weighted by Crippen LogP contribution is -2.35. The summed E-state index contributed by atoms with van der Waals surface area (Å²) in [5.41, 5.74) is 1.89. The molecule has 6 heteroatoms. The van der Waals surface area contributed by atoms with E-state index >= 15 is 0 Å². The summed E-state index contributed by atoms with van der Waals surface area (Å²) in [7, 11) is 0. The number of carbonyl (C=O) groups excluding carboxylic acids is 1. The molecule has 1 aromatic carbocycles. The van der Waals surface area contributed by atoms with Gasteiger partial charge in [0.15, 0.2) is 0 Å². The van der Waals surface area contributed by atoms with Crippen molar-refractivity contribution in [3.8, 4) is 0 Å². The maximum atomic E-state index is 13.8. The standard InChI is InChI=1S/C18H22FN3O2/c1-13-17(14(2)24-20-13)18(23)22-9-5-8-21(10-11-22)12-15-6-3-4-7-16(15)19/h3-4,6-7H,5,8-12H2,1-2H3. The lowest BCUT2D eigenvalue weighted by molar-refractivity contribution is 0.0758. The van der Waals surface area contributed by atoms with E-state index in [1.54, 1.807) is 19.9 Å². The van der Waals surface area contributed by atoms with Crippen molar-refractivity contribution in [2.24, 2.45) is 0 Å². The molecule has 128 valence electrons. The van der Waals surface area contributed by atoms with Crippen molar-refractivity contribution in [3.05, 3.63) is 52.7 Å². The van der Waals surface area contributed by atoms with Crippen LogP contribution in [0.15, 0.2) is 28.8 Å². The van der Waals surface area contributed by atoms with Gasteiger partial charge in [-0.1, -0.05) is 23.4 Å². The Labute approximate surface area is 141 Å². The van der Waals surface area contributed by atoms with Gasteiger partial charge < -0.3 is 9.42 Å². The van der Waals surface area contributed by atoms with Gasteiger partial charge in [0.1, 0.15) is 17.1 Å². The number of rotatable bonds is 3. The van der Waals surface area contributed by atoms with E-state index in [9.17, 15) is 9.18 Å². The van der Waals surface area contributed by atoms with Crippen LogP contribution < -0.4 is 0 Å². The molecule has 1 aromatic heterocycles. The average Bonchev–Trinajstić information content (AvgIpc) is 2.76. The van der Waals surface area contributed by atoms with E-state index in [1.807, 2.05) is 17.0 Å². The molecule has 0 aliphatic carbocycles. The minimum Gasteiger partial charge on any atom is -0.361 e. The first-order valence-corrected chi connectivity index (χ1v) is 8.24. The van der Waals surface area contributed by atoms with Crippen LogP contribution in [-0.2, 0) is 6.54 Å². The zero-order valence-electron chi connectivity index (χ0n) is 14.1. The second kappa shape index (κ2) is 7.13. The van der Waals surface area contributed by atoms with Crippen molar-refractivity contribution in [3.63, 3.8) is 0 Å². The number of hydrogen-bond donors (Lipinski definition) is 0. The first kappa shape index (κ1) is 16.6. The Kier molecular flexibility index (Phi) is 4.94. The van der Waals surface area contributed by atoms with Gasteiger partial charge in [-0.25, -0.2) is 4.39 Å². The molecule has 24 heavy (non-hydrogen) atoms. The summed E-state index contributed by atoms with van der Waals surface area (Å²) < 4.78 is 18.9. The molecule has 3 rings (SSSR count). The topological polar surface area (TPSA) is 49.6 Å². The molecule has 1 aliphatic heterocycles. The van der Waals surface area contributed by atoms with Crippen LogP contribution in [0.2, 0.25) is 0 Å². The maximum Gasteiger partial charge on any atom is 0.259 e. The highest BCUT2D eigenvalue weighted by atomic mass is 19.1. The number of carbonyl (C=O) groups is 1. The Bertz CT molecular complexity index is 709. The highest BCUT2D eigenvalue weighted by Crippen LogP contribution is 2.17. The van der Waals surface area contributed by atoms with E-state index in [1.165, 1.54) is 6.07 Å². The Morgan fingerprint density at radius 2 is 2.00 bits per heavy atom. The van der Waals surface area contributed by atoms with Crippen LogP contribution in [-0.4, -0.2) is 47.0 Å². The summed E-state index contributed by atoms with van der Waals surface area (Å²) >= 11 is 0. The molecule has 1 fully saturated rings. The van der Waals surface area contributed by atoms with Crippen molar-refractivity contribution >= 4 is 5.91 Å². The van der Waals surface area contributed by atoms with Gasteiger partial charge in [0, 0.05) is 38.3 Å². The van der Waals surface area contributed by atoms with Gasteiger partial charge in [-0.15, -0.1) is 0 Å². The van der Waals surface area contributed by atoms with E-state index in [0.717, 1.165) is 19.5 Å². The van der Waals surface area contributed by atoms with Gasteiger partial charge in [0.2, 0.25) is 0 Å². The van der Waals surface area contributed by atoms with Gasteiger partial charge in [0.25, 0.3) is 5.91 Å². The van der Waals surface area contributed by atoms with Crippen LogP contribution in [0.3, 0.4) is 0 Å². The molecule has 0 saturated carbocycles. The Balaban J connectivity index is 1.65. The Morgan fingerprint density at radius 1 is 1.21 bits per heavy atom. The van der Waals surface area contributed by atoms with Crippen molar-refractivity contribution in [1.29, 1.82) is 0 Å². The average molecular weight is 331 g/mol. The number of halogens is 1. The minimum atomic E-state index is -0.176. The molecule has 2 aromatic rings. The zero-order valence-corrected chi connectivity index (χ0v) is 14.1. The molecule has 1 saturated heterocycles. The molecule has 5 nitrogen and oxygen atoms in total. The fourth-order valence-electron chi connectivity index (χ4n) is 3.15. The van der Waals surface area contributed by atoms with E-state index in [0.29, 0.717) is 42.2 Å². The second-order valence-corrected chi connectivity index (χ2v) is 6.21. The molecule has 0 unspecified atom stereocenters. The molecule has 2 heterocycles. The van der Waals surface area contributed by atoms with Crippen LogP contribution in [0, 0.1) is 19.7 Å². The molecular weight excluding hydrogens is 309 g/mol. The van der Waals surface area contributed by atoms with Crippen LogP contribution in [0.1, 0.15) is 33.8 Å². The van der Waals surface area contributed by atoms with Gasteiger partial charge >= 0.3 is 0 Å². The van der Waals surface area contributed by atoms with Crippen LogP contribution >= 0.6 is 0 Å². The molecule has 0 radical (unpaired) electrons. The third-order valence-corrected chi connectivity index (χ3v) is 4.47. The van der Waals surface area contributed by atoms with Gasteiger partial charge in [-0.05, 0) is 26.3 Å². The minimum absolute atomic E-state index is 0.0287. The molecule has 0 spiro atoms. The molecule has 0 bridgehead atoms. The monoisotopic (exact) mass is 331 g/mol. The fourth-order valence-corrected chi connectivity index (χ4v) is 3.15. The molecule has 1 aliphatic rings. The number of aryl methyl sites for hydroxylation is 2. The summed E-state index contributed by atoms with van der Waals surface area (Å²) in [5.74, 6) is 0.356. The zero-order chi connectivity index (χ0) is 17.1. The van der Waals surface area contributed by atoms with Crippen LogP contribution in [0.4, 0.5) is 4.39 Å². The normalized spacial score (nSPS) is 16.2. The maximum absolute atomic E-state index is 13.8. The van der Waals surface area contributed by atoms with Crippen molar-refractivity contribution < 1.29 is 13.7 Å². The summed E-state index contributed by atoms with van der Waals surface area (Å²) in [6.45, 7) is 7.00. The summed E-state index contributed by atoms with van der Waals surface area (Å²) in [5, 5.41) is 3.86. The Morgan fingerprint density at radius 3 is 2.71 bits per heavy atom. The van der Waals surface area contributed by atoms with Crippen molar-refractivity contribution in [2.45, 2.75) is 26.8 Å². The lowest BCUT2D eigenvalue weighted by Gasteiger charge is -2.22. The molecular formula is C18H22FN3O2.